The molecule has 1 nitrogen and oxygen atoms in total. The van der Waals surface area contributed by atoms with Gasteiger partial charge in [-0.15, -0.1) is 18.3 Å². The third-order valence-electron chi connectivity index (χ3n) is 4.16. The van der Waals surface area contributed by atoms with Crippen molar-refractivity contribution < 1.29 is 4.43 Å². The van der Waals surface area contributed by atoms with Gasteiger partial charge in [-0.2, -0.15) is 0 Å². The van der Waals surface area contributed by atoms with Gasteiger partial charge in [-0.05, 0) is 24.2 Å². The fourth-order valence-corrected chi connectivity index (χ4v) is 3.07. The van der Waals surface area contributed by atoms with E-state index in [-0.39, 0.29) is 11.1 Å². The maximum absolute atomic E-state index is 6.59. The monoisotopic (exact) mass is 316 g/mol. The molecule has 2 unspecified atom stereocenters. The number of terminal acetylenes is 1. The van der Waals surface area contributed by atoms with Crippen LogP contribution in [-0.2, 0) is 4.43 Å². The molecule has 2 heteroatoms. The van der Waals surface area contributed by atoms with E-state index in [4.69, 9.17) is 10.8 Å². The van der Waals surface area contributed by atoms with Crippen LogP contribution in [-0.4, -0.2) is 14.4 Å². The number of hydrogen-bond acceptors (Lipinski definition) is 1. The second kappa shape index (κ2) is 9.72. The summed E-state index contributed by atoms with van der Waals surface area (Å²) in [6.45, 7) is 15.7. The molecule has 0 aliphatic carbocycles. The van der Waals surface area contributed by atoms with Crippen molar-refractivity contribution in [1.29, 1.82) is 0 Å². The average molecular weight is 317 g/mol. The maximum atomic E-state index is 6.59. The van der Waals surface area contributed by atoms with Crippen molar-refractivity contribution in [3.05, 3.63) is 24.3 Å². The molecule has 122 valence electrons. The van der Waals surface area contributed by atoms with Gasteiger partial charge in [0, 0.05) is 18.8 Å². The Kier molecular flexibility index (Phi) is 9.18. The molecule has 0 saturated carbocycles. The number of allylic oxidation sites excluding steroid dienone is 3. The summed E-state index contributed by atoms with van der Waals surface area (Å²) in [4.78, 5) is 0. The lowest BCUT2D eigenvalue weighted by Crippen LogP contribution is -2.45. The highest BCUT2D eigenvalue weighted by Gasteiger charge is 2.39. The van der Waals surface area contributed by atoms with Gasteiger partial charge >= 0.3 is 0 Å². The number of hydrogen-bond donors (Lipinski definition) is 0. The van der Waals surface area contributed by atoms with E-state index in [1.165, 1.54) is 0 Å². The minimum absolute atomic E-state index is 0.135. The Morgan fingerprint density at radius 3 is 2.32 bits per heavy atom. The van der Waals surface area contributed by atoms with Crippen LogP contribution in [0, 0.1) is 30.1 Å². The van der Waals surface area contributed by atoms with Gasteiger partial charge in [0.2, 0.25) is 0 Å². The van der Waals surface area contributed by atoms with Crippen molar-refractivity contribution in [2.75, 3.05) is 0 Å². The molecule has 0 spiro atoms. The van der Waals surface area contributed by atoms with Gasteiger partial charge in [0.1, 0.15) is 0 Å². The van der Waals surface area contributed by atoms with Gasteiger partial charge < -0.3 is 4.43 Å². The first kappa shape index (κ1) is 20.8. The summed E-state index contributed by atoms with van der Waals surface area (Å²) in [6.07, 6.45) is 14.8. The van der Waals surface area contributed by atoms with Gasteiger partial charge in [0.15, 0.2) is 8.32 Å². The van der Waals surface area contributed by atoms with E-state index < -0.39 is 8.32 Å². The molecule has 0 aromatic carbocycles. The van der Waals surface area contributed by atoms with Crippen LogP contribution < -0.4 is 0 Å². The lowest BCUT2D eigenvalue weighted by atomic mass is 10.0. The molecule has 0 aromatic heterocycles. The van der Waals surface area contributed by atoms with Crippen LogP contribution in [0.3, 0.4) is 0 Å². The second-order valence-corrected chi connectivity index (χ2v) is 11.9. The van der Waals surface area contributed by atoms with Crippen molar-refractivity contribution in [2.45, 2.75) is 71.7 Å². The molecule has 0 amide bonds. The molecule has 0 rings (SSSR count). The van der Waals surface area contributed by atoms with E-state index in [2.05, 4.69) is 71.6 Å². The van der Waals surface area contributed by atoms with Crippen LogP contribution in [0.25, 0.3) is 0 Å². The van der Waals surface area contributed by atoms with Crippen molar-refractivity contribution in [1.82, 2.24) is 0 Å². The van der Waals surface area contributed by atoms with Crippen LogP contribution >= 0.6 is 0 Å². The molecule has 0 bridgehead atoms. The van der Waals surface area contributed by atoms with E-state index >= 15 is 0 Å². The lowest BCUT2D eigenvalue weighted by molar-refractivity contribution is 0.150. The summed E-state index contributed by atoms with van der Waals surface area (Å²) in [5.41, 5.74) is 0. The molecular weight excluding hydrogens is 284 g/mol. The fourth-order valence-electron chi connectivity index (χ4n) is 1.66. The predicted molar refractivity (Wildman–Crippen MR) is 101 cm³/mol. The zero-order valence-corrected chi connectivity index (χ0v) is 16.4. The van der Waals surface area contributed by atoms with Crippen molar-refractivity contribution in [3.63, 3.8) is 0 Å². The minimum Gasteiger partial charge on any atom is -0.412 e. The Bertz CT molecular complexity index is 475. The Balaban J connectivity index is 5.08. The summed E-state index contributed by atoms with van der Waals surface area (Å²) in [5.74, 6) is 9.21. The molecule has 2 atom stereocenters. The van der Waals surface area contributed by atoms with Crippen LogP contribution in [0.15, 0.2) is 24.3 Å². The zero-order chi connectivity index (χ0) is 17.2. The quantitative estimate of drug-likeness (QED) is 0.354. The molecule has 0 heterocycles. The average Bonchev–Trinajstić information content (AvgIpc) is 2.41. The van der Waals surface area contributed by atoms with Crippen molar-refractivity contribution >= 4 is 8.32 Å². The Labute approximate surface area is 139 Å². The van der Waals surface area contributed by atoms with E-state index in [1.807, 2.05) is 12.2 Å². The van der Waals surface area contributed by atoms with Gasteiger partial charge in [0.05, 0.1) is 6.10 Å². The molecule has 0 fully saturated rings. The normalized spacial score (nSPS) is 15.4. The van der Waals surface area contributed by atoms with E-state index in [0.717, 1.165) is 12.8 Å². The van der Waals surface area contributed by atoms with Crippen LogP contribution in [0.1, 0.15) is 47.5 Å². The first-order chi connectivity index (χ1) is 10.2. The smallest absolute Gasteiger partial charge is 0.192 e. The SMILES string of the molecule is C#C/C=C/C=C/C(C)C(CC#CCC)O[Si](C)(C)C(C)(C)C. The van der Waals surface area contributed by atoms with E-state index in [0.29, 0.717) is 5.92 Å². The van der Waals surface area contributed by atoms with Crippen LogP contribution in [0.4, 0.5) is 0 Å². The highest BCUT2D eigenvalue weighted by molar-refractivity contribution is 6.74. The fraction of sp³-hybridized carbons (Fsp3) is 0.600. The predicted octanol–water partition coefficient (Wildman–Crippen LogP) is 5.56. The summed E-state index contributed by atoms with van der Waals surface area (Å²) >= 11 is 0. The Morgan fingerprint density at radius 1 is 1.18 bits per heavy atom. The van der Waals surface area contributed by atoms with Crippen molar-refractivity contribution in [3.8, 4) is 24.2 Å². The third kappa shape index (κ3) is 7.69. The van der Waals surface area contributed by atoms with Crippen LogP contribution in [0.2, 0.25) is 18.1 Å². The zero-order valence-electron chi connectivity index (χ0n) is 15.4. The first-order valence-corrected chi connectivity index (χ1v) is 11.0. The molecule has 0 aromatic rings. The molecule has 0 saturated heterocycles. The largest absolute Gasteiger partial charge is 0.412 e. The van der Waals surface area contributed by atoms with Gasteiger partial charge in [-0.25, -0.2) is 0 Å². The topological polar surface area (TPSA) is 9.23 Å². The second-order valence-electron chi connectivity index (χ2n) is 7.10. The molecule has 0 aliphatic rings. The highest BCUT2D eigenvalue weighted by atomic mass is 28.4. The first-order valence-electron chi connectivity index (χ1n) is 8.08. The lowest BCUT2D eigenvalue weighted by Gasteiger charge is -2.40. The van der Waals surface area contributed by atoms with Gasteiger partial charge in [-0.1, -0.05) is 58.8 Å². The molecule has 22 heavy (non-hydrogen) atoms. The Morgan fingerprint density at radius 2 is 1.82 bits per heavy atom. The summed E-state index contributed by atoms with van der Waals surface area (Å²) in [6, 6.07) is 0. The Hall–Kier alpha value is -1.22. The van der Waals surface area contributed by atoms with Gasteiger partial charge in [-0.3, -0.25) is 0 Å². The van der Waals surface area contributed by atoms with Crippen molar-refractivity contribution in [2.24, 2.45) is 5.92 Å². The summed E-state index contributed by atoms with van der Waals surface area (Å²) in [5, 5.41) is 0.205. The summed E-state index contributed by atoms with van der Waals surface area (Å²) in [7, 11) is -1.80. The molecular formula is C20H32OSi. The third-order valence-corrected chi connectivity index (χ3v) is 8.67. The molecule has 0 aliphatic heterocycles. The van der Waals surface area contributed by atoms with Gasteiger partial charge in [0.25, 0.3) is 0 Å². The van der Waals surface area contributed by atoms with E-state index in [9.17, 15) is 0 Å². The van der Waals surface area contributed by atoms with Crippen LogP contribution in [0.5, 0.6) is 0 Å². The maximum Gasteiger partial charge on any atom is 0.192 e. The van der Waals surface area contributed by atoms with E-state index in [1.54, 1.807) is 6.08 Å². The minimum atomic E-state index is -1.80. The molecule has 0 radical (unpaired) electrons. The summed E-state index contributed by atoms with van der Waals surface area (Å²) < 4.78 is 6.59. The number of rotatable bonds is 6. The standard InChI is InChI=1S/C20H32OSi/c1-9-11-13-15-16-18(3)19(17-14-12-10-2)21-22(7,8)20(4,5)6/h1,11,13,15-16,18-19H,10,17H2,2-8H3/b13-11+,16-15+. The molecule has 0 N–H and O–H groups in total. The highest BCUT2D eigenvalue weighted by Crippen LogP contribution is 2.38.